The second-order valence-electron chi connectivity index (χ2n) is 7.02. The van der Waals surface area contributed by atoms with E-state index in [2.05, 4.69) is 10.1 Å². The first kappa shape index (κ1) is 20.3. The van der Waals surface area contributed by atoms with Crippen molar-refractivity contribution in [1.82, 2.24) is 15.0 Å². The minimum absolute atomic E-state index is 0.0784. The standard InChI is InChI=1S/C22H23N3O4/c1-14(2)25(22(27)18-9-11-19(12-10-18)28-16(4)26)13-20-23-21(24-29-20)17-7-5-15(3)6-8-17/h5-12,14H,13H2,1-4H3. The van der Waals surface area contributed by atoms with Gasteiger partial charge in [-0.05, 0) is 45.0 Å². The van der Waals surface area contributed by atoms with Crippen molar-refractivity contribution in [3.8, 4) is 17.1 Å². The van der Waals surface area contributed by atoms with E-state index < -0.39 is 5.97 Å². The third-order valence-corrected chi connectivity index (χ3v) is 4.33. The smallest absolute Gasteiger partial charge is 0.308 e. The molecule has 0 atom stereocenters. The summed E-state index contributed by atoms with van der Waals surface area (Å²) < 4.78 is 10.4. The van der Waals surface area contributed by atoms with Crippen molar-refractivity contribution in [1.29, 1.82) is 0 Å². The first-order valence-electron chi connectivity index (χ1n) is 9.32. The maximum atomic E-state index is 13.0. The van der Waals surface area contributed by atoms with Crippen molar-refractivity contribution in [2.75, 3.05) is 0 Å². The van der Waals surface area contributed by atoms with Gasteiger partial charge in [0.2, 0.25) is 11.7 Å². The van der Waals surface area contributed by atoms with Gasteiger partial charge in [-0.3, -0.25) is 9.59 Å². The van der Waals surface area contributed by atoms with Crippen LogP contribution in [0, 0.1) is 6.92 Å². The predicted molar refractivity (Wildman–Crippen MR) is 107 cm³/mol. The minimum Gasteiger partial charge on any atom is -0.427 e. The van der Waals surface area contributed by atoms with Crippen LogP contribution in [0.15, 0.2) is 53.1 Å². The number of nitrogens with zero attached hydrogens (tertiary/aromatic N) is 3. The van der Waals surface area contributed by atoms with E-state index in [-0.39, 0.29) is 18.5 Å². The second-order valence-corrected chi connectivity index (χ2v) is 7.02. The van der Waals surface area contributed by atoms with Gasteiger partial charge in [0.25, 0.3) is 5.91 Å². The summed E-state index contributed by atoms with van der Waals surface area (Å²) in [4.78, 5) is 30.1. The number of rotatable bonds is 6. The minimum atomic E-state index is -0.409. The lowest BCUT2D eigenvalue weighted by Gasteiger charge is -2.25. The molecule has 0 radical (unpaired) electrons. The molecular formula is C22H23N3O4. The summed E-state index contributed by atoms with van der Waals surface area (Å²) in [6.07, 6.45) is 0. The Bertz CT molecular complexity index is 992. The number of amides is 1. The Labute approximate surface area is 169 Å². The highest BCUT2D eigenvalue weighted by atomic mass is 16.5. The zero-order valence-electron chi connectivity index (χ0n) is 16.9. The molecule has 150 valence electrons. The highest BCUT2D eigenvalue weighted by Gasteiger charge is 2.22. The molecule has 0 bridgehead atoms. The summed E-state index contributed by atoms with van der Waals surface area (Å²) in [5, 5.41) is 4.03. The summed E-state index contributed by atoms with van der Waals surface area (Å²) in [5.41, 5.74) is 2.48. The van der Waals surface area contributed by atoms with Gasteiger partial charge in [0, 0.05) is 24.1 Å². The molecule has 7 nitrogen and oxygen atoms in total. The highest BCUT2D eigenvalue weighted by Crippen LogP contribution is 2.19. The normalized spacial score (nSPS) is 10.8. The van der Waals surface area contributed by atoms with Crippen molar-refractivity contribution in [3.05, 3.63) is 65.5 Å². The lowest BCUT2D eigenvalue weighted by molar-refractivity contribution is -0.131. The largest absolute Gasteiger partial charge is 0.427 e. The molecule has 0 saturated heterocycles. The van der Waals surface area contributed by atoms with Crippen LogP contribution in [-0.4, -0.2) is 33.0 Å². The van der Waals surface area contributed by atoms with Crippen LogP contribution in [0.5, 0.6) is 5.75 Å². The molecule has 2 aromatic carbocycles. The number of aromatic nitrogens is 2. The SMILES string of the molecule is CC(=O)Oc1ccc(C(=O)N(Cc2nc(-c3ccc(C)cc3)no2)C(C)C)cc1. The number of aryl methyl sites for hydroxylation is 1. The van der Waals surface area contributed by atoms with Gasteiger partial charge in [-0.25, -0.2) is 0 Å². The lowest BCUT2D eigenvalue weighted by Crippen LogP contribution is -2.36. The molecule has 1 heterocycles. The van der Waals surface area contributed by atoms with Crippen molar-refractivity contribution in [3.63, 3.8) is 0 Å². The number of hydrogen-bond donors (Lipinski definition) is 0. The van der Waals surface area contributed by atoms with E-state index in [0.29, 0.717) is 23.0 Å². The van der Waals surface area contributed by atoms with E-state index in [1.807, 2.05) is 45.0 Å². The fraction of sp³-hybridized carbons (Fsp3) is 0.273. The zero-order chi connectivity index (χ0) is 21.0. The van der Waals surface area contributed by atoms with Crippen LogP contribution in [0.4, 0.5) is 0 Å². The fourth-order valence-corrected chi connectivity index (χ4v) is 2.77. The summed E-state index contributed by atoms with van der Waals surface area (Å²) >= 11 is 0. The van der Waals surface area contributed by atoms with Crippen LogP contribution in [0.25, 0.3) is 11.4 Å². The Hall–Kier alpha value is -3.48. The summed E-state index contributed by atoms with van der Waals surface area (Å²) in [6, 6.07) is 14.2. The molecular weight excluding hydrogens is 370 g/mol. The van der Waals surface area contributed by atoms with Crippen LogP contribution in [-0.2, 0) is 11.3 Å². The van der Waals surface area contributed by atoms with Gasteiger partial charge in [-0.1, -0.05) is 35.0 Å². The first-order chi connectivity index (χ1) is 13.8. The second kappa shape index (κ2) is 8.68. The van der Waals surface area contributed by atoms with E-state index in [0.717, 1.165) is 11.1 Å². The van der Waals surface area contributed by atoms with Crippen LogP contribution in [0.1, 0.15) is 42.6 Å². The first-order valence-corrected chi connectivity index (χ1v) is 9.32. The molecule has 0 saturated carbocycles. The van der Waals surface area contributed by atoms with E-state index in [1.54, 1.807) is 29.2 Å². The summed E-state index contributed by atoms with van der Waals surface area (Å²) in [7, 11) is 0. The maximum absolute atomic E-state index is 13.0. The molecule has 0 unspecified atom stereocenters. The third kappa shape index (κ3) is 5.07. The fourth-order valence-electron chi connectivity index (χ4n) is 2.77. The average Bonchev–Trinajstić information content (AvgIpc) is 3.15. The summed E-state index contributed by atoms with van der Waals surface area (Å²) in [5.74, 6) is 0.656. The van der Waals surface area contributed by atoms with Gasteiger partial charge in [0.05, 0.1) is 0 Å². The average molecular weight is 393 g/mol. The number of carbonyl (C=O) groups is 2. The number of ether oxygens (including phenoxy) is 1. The lowest BCUT2D eigenvalue weighted by atomic mass is 10.1. The van der Waals surface area contributed by atoms with Gasteiger partial charge in [-0.15, -0.1) is 0 Å². The van der Waals surface area contributed by atoms with Gasteiger partial charge in [0.15, 0.2) is 0 Å². The Morgan fingerprint density at radius 1 is 1.07 bits per heavy atom. The van der Waals surface area contributed by atoms with E-state index in [1.165, 1.54) is 6.92 Å². The summed E-state index contributed by atoms with van der Waals surface area (Å²) in [6.45, 7) is 7.37. The molecule has 0 fully saturated rings. The monoisotopic (exact) mass is 393 g/mol. The van der Waals surface area contributed by atoms with E-state index in [9.17, 15) is 9.59 Å². The van der Waals surface area contributed by atoms with E-state index in [4.69, 9.17) is 9.26 Å². The number of esters is 1. The van der Waals surface area contributed by atoms with Crippen LogP contribution >= 0.6 is 0 Å². The maximum Gasteiger partial charge on any atom is 0.308 e. The number of carbonyl (C=O) groups excluding carboxylic acids is 2. The molecule has 0 aliphatic heterocycles. The van der Waals surface area contributed by atoms with Crippen molar-refractivity contribution < 1.29 is 18.8 Å². The number of hydrogen-bond acceptors (Lipinski definition) is 6. The van der Waals surface area contributed by atoms with Crippen LogP contribution in [0.3, 0.4) is 0 Å². The Morgan fingerprint density at radius 2 is 1.72 bits per heavy atom. The zero-order valence-corrected chi connectivity index (χ0v) is 16.9. The molecule has 7 heteroatoms. The quantitative estimate of drug-likeness (QED) is 0.464. The topological polar surface area (TPSA) is 85.5 Å². The Balaban J connectivity index is 1.75. The highest BCUT2D eigenvalue weighted by molar-refractivity contribution is 5.94. The molecule has 3 aromatic rings. The molecule has 1 aromatic heterocycles. The Kier molecular flexibility index (Phi) is 6.07. The molecule has 29 heavy (non-hydrogen) atoms. The molecule has 0 aliphatic rings. The van der Waals surface area contributed by atoms with Crippen LogP contribution in [0.2, 0.25) is 0 Å². The van der Waals surface area contributed by atoms with Gasteiger partial charge < -0.3 is 14.2 Å². The van der Waals surface area contributed by atoms with Crippen molar-refractivity contribution in [2.45, 2.75) is 40.3 Å². The van der Waals surface area contributed by atoms with Crippen LogP contribution < -0.4 is 4.74 Å². The Morgan fingerprint density at radius 3 is 2.31 bits per heavy atom. The predicted octanol–water partition coefficient (Wildman–Crippen LogP) is 4.02. The van der Waals surface area contributed by atoms with Gasteiger partial charge in [-0.2, -0.15) is 4.98 Å². The van der Waals surface area contributed by atoms with Crippen molar-refractivity contribution >= 4 is 11.9 Å². The molecule has 3 rings (SSSR count). The third-order valence-electron chi connectivity index (χ3n) is 4.33. The van der Waals surface area contributed by atoms with Gasteiger partial charge in [0.1, 0.15) is 12.3 Å². The molecule has 1 amide bonds. The molecule has 0 aliphatic carbocycles. The number of benzene rings is 2. The van der Waals surface area contributed by atoms with E-state index >= 15 is 0 Å². The molecule has 0 N–H and O–H groups in total. The van der Waals surface area contributed by atoms with Gasteiger partial charge >= 0.3 is 5.97 Å². The molecule has 0 spiro atoms. The van der Waals surface area contributed by atoms with Crippen molar-refractivity contribution in [2.24, 2.45) is 0 Å².